The van der Waals surface area contributed by atoms with Gasteiger partial charge in [0.25, 0.3) is 5.91 Å². The molecule has 1 fully saturated rings. The van der Waals surface area contributed by atoms with Crippen LogP contribution in [0.4, 0.5) is 5.69 Å². The summed E-state index contributed by atoms with van der Waals surface area (Å²) in [6, 6.07) is 18.2. The van der Waals surface area contributed by atoms with Crippen LogP contribution in [0.25, 0.3) is 10.9 Å². The summed E-state index contributed by atoms with van der Waals surface area (Å²) in [5, 5.41) is 4.03. The number of fused-ring (bicyclic) bond motifs is 1. The van der Waals surface area contributed by atoms with Crippen molar-refractivity contribution in [1.29, 1.82) is 0 Å². The van der Waals surface area contributed by atoms with Gasteiger partial charge in [-0.2, -0.15) is 0 Å². The molecule has 2 N–H and O–H groups in total. The number of aromatic nitrogens is 1. The smallest absolute Gasteiger partial charge is 0.251 e. The normalized spacial score (nSPS) is 15.9. The standard InChI is InChI=1S/C29H29N3O4/c1-17-8-7-9-18(2)27(17)31-29(34)28(21-16-30-22-11-6-5-10-20(21)22)32-23(15-26(32)33)19-12-13-24(35-3)25(14-19)36-4/h5-14,16,23,28,30H,15H2,1-4H3,(H,31,34). The van der Waals surface area contributed by atoms with Crippen molar-refractivity contribution in [3.8, 4) is 11.5 Å². The van der Waals surface area contributed by atoms with Crippen LogP contribution in [0.1, 0.15) is 40.8 Å². The van der Waals surface area contributed by atoms with Gasteiger partial charge in [-0.3, -0.25) is 9.59 Å². The van der Waals surface area contributed by atoms with E-state index in [9.17, 15) is 9.59 Å². The van der Waals surface area contributed by atoms with E-state index in [0.29, 0.717) is 17.9 Å². The lowest BCUT2D eigenvalue weighted by Crippen LogP contribution is -2.51. The Hall–Kier alpha value is -4.26. The topological polar surface area (TPSA) is 83.7 Å². The molecule has 2 heterocycles. The van der Waals surface area contributed by atoms with Crippen molar-refractivity contribution in [2.45, 2.75) is 32.4 Å². The van der Waals surface area contributed by atoms with Gasteiger partial charge in [0.1, 0.15) is 6.04 Å². The molecule has 0 spiro atoms. The largest absolute Gasteiger partial charge is 0.493 e. The van der Waals surface area contributed by atoms with Crippen molar-refractivity contribution in [3.05, 3.63) is 89.1 Å². The summed E-state index contributed by atoms with van der Waals surface area (Å²) in [7, 11) is 3.17. The zero-order valence-corrected chi connectivity index (χ0v) is 20.8. The average Bonchev–Trinajstić information content (AvgIpc) is 3.31. The van der Waals surface area contributed by atoms with E-state index in [4.69, 9.17) is 9.47 Å². The number of aryl methyl sites for hydroxylation is 2. The number of para-hydroxylation sites is 2. The predicted molar refractivity (Wildman–Crippen MR) is 139 cm³/mol. The van der Waals surface area contributed by atoms with E-state index in [0.717, 1.165) is 38.8 Å². The van der Waals surface area contributed by atoms with Crippen molar-refractivity contribution in [2.75, 3.05) is 19.5 Å². The van der Waals surface area contributed by atoms with Gasteiger partial charge in [-0.1, -0.05) is 42.5 Å². The highest BCUT2D eigenvalue weighted by Gasteiger charge is 2.46. The summed E-state index contributed by atoms with van der Waals surface area (Å²) in [5.41, 5.74) is 5.25. The fourth-order valence-corrected chi connectivity index (χ4v) is 5.03. The van der Waals surface area contributed by atoms with Gasteiger partial charge in [0.2, 0.25) is 5.91 Å². The SMILES string of the molecule is COc1ccc(C2CC(=O)N2C(C(=O)Nc2c(C)cccc2C)c2c[nH]c3ccccc23)cc1OC. The molecule has 36 heavy (non-hydrogen) atoms. The maximum absolute atomic E-state index is 14.0. The van der Waals surface area contributed by atoms with E-state index in [1.165, 1.54) is 0 Å². The van der Waals surface area contributed by atoms with Gasteiger partial charge >= 0.3 is 0 Å². The van der Waals surface area contributed by atoms with Crippen LogP contribution in [-0.2, 0) is 9.59 Å². The van der Waals surface area contributed by atoms with Crippen LogP contribution < -0.4 is 14.8 Å². The fourth-order valence-electron chi connectivity index (χ4n) is 5.03. The van der Waals surface area contributed by atoms with E-state index in [2.05, 4.69) is 10.3 Å². The molecule has 1 aliphatic rings. The second kappa shape index (κ2) is 9.41. The van der Waals surface area contributed by atoms with Crippen LogP contribution in [0.3, 0.4) is 0 Å². The Balaban J connectivity index is 1.59. The number of amides is 2. The molecule has 0 aliphatic carbocycles. The van der Waals surface area contributed by atoms with Crippen LogP contribution in [0, 0.1) is 13.8 Å². The Morgan fingerprint density at radius 1 is 1.00 bits per heavy atom. The minimum absolute atomic E-state index is 0.0817. The number of aromatic amines is 1. The maximum Gasteiger partial charge on any atom is 0.251 e. The van der Waals surface area contributed by atoms with Crippen molar-refractivity contribution < 1.29 is 19.1 Å². The first-order chi connectivity index (χ1) is 17.4. The third-order valence-electron chi connectivity index (χ3n) is 6.96. The molecule has 7 nitrogen and oxygen atoms in total. The lowest BCUT2D eigenvalue weighted by atomic mass is 9.88. The monoisotopic (exact) mass is 483 g/mol. The Morgan fingerprint density at radius 2 is 1.72 bits per heavy atom. The van der Waals surface area contributed by atoms with Gasteiger partial charge in [0, 0.05) is 28.4 Å². The number of likely N-dealkylation sites (tertiary alicyclic amines) is 1. The minimum atomic E-state index is -0.820. The zero-order valence-electron chi connectivity index (χ0n) is 20.8. The van der Waals surface area contributed by atoms with Crippen molar-refractivity contribution in [2.24, 2.45) is 0 Å². The summed E-state index contributed by atoms with van der Waals surface area (Å²) in [6.45, 7) is 3.93. The molecule has 2 atom stereocenters. The third kappa shape index (κ3) is 3.96. The Morgan fingerprint density at radius 3 is 2.42 bits per heavy atom. The Kier molecular flexibility index (Phi) is 6.14. The van der Waals surface area contributed by atoms with Gasteiger partial charge in [-0.15, -0.1) is 0 Å². The number of anilines is 1. The van der Waals surface area contributed by atoms with Crippen molar-refractivity contribution in [1.82, 2.24) is 9.88 Å². The van der Waals surface area contributed by atoms with Gasteiger partial charge in [-0.25, -0.2) is 0 Å². The number of carbonyl (C=O) groups excluding carboxylic acids is 2. The summed E-state index contributed by atoms with van der Waals surface area (Å²) in [6.07, 6.45) is 2.14. The summed E-state index contributed by atoms with van der Waals surface area (Å²) in [5.74, 6) is 0.856. The molecule has 1 aromatic heterocycles. The number of H-pyrrole nitrogens is 1. The molecule has 2 amide bonds. The molecular weight excluding hydrogens is 454 g/mol. The summed E-state index contributed by atoms with van der Waals surface area (Å²) >= 11 is 0. The van der Waals surface area contributed by atoms with E-state index in [1.807, 2.05) is 80.7 Å². The van der Waals surface area contributed by atoms with E-state index in [1.54, 1.807) is 19.1 Å². The molecule has 7 heteroatoms. The van der Waals surface area contributed by atoms with Gasteiger partial charge < -0.3 is 24.7 Å². The number of carbonyl (C=O) groups is 2. The van der Waals surface area contributed by atoms with E-state index >= 15 is 0 Å². The fraction of sp³-hybridized carbons (Fsp3) is 0.241. The summed E-state index contributed by atoms with van der Waals surface area (Å²) in [4.78, 5) is 32.1. The molecule has 1 saturated heterocycles. The first kappa shape index (κ1) is 23.5. The predicted octanol–water partition coefficient (Wildman–Crippen LogP) is 5.46. The Labute approximate surface area is 210 Å². The number of β-lactam (4-membered cyclic amide) rings is 1. The number of ether oxygens (including phenoxy) is 2. The van der Waals surface area contributed by atoms with Crippen LogP contribution in [0.2, 0.25) is 0 Å². The highest BCUT2D eigenvalue weighted by atomic mass is 16.5. The molecule has 5 rings (SSSR count). The Bertz CT molecular complexity index is 1440. The second-order valence-corrected chi connectivity index (χ2v) is 9.08. The van der Waals surface area contributed by atoms with Crippen molar-refractivity contribution >= 4 is 28.4 Å². The molecule has 1 aliphatic heterocycles. The van der Waals surface area contributed by atoms with E-state index in [-0.39, 0.29) is 17.9 Å². The molecule has 0 bridgehead atoms. The molecule has 184 valence electrons. The van der Waals surface area contributed by atoms with Crippen LogP contribution >= 0.6 is 0 Å². The zero-order chi connectivity index (χ0) is 25.4. The van der Waals surface area contributed by atoms with Crippen LogP contribution in [-0.4, -0.2) is 35.9 Å². The van der Waals surface area contributed by atoms with E-state index < -0.39 is 6.04 Å². The van der Waals surface area contributed by atoms with Crippen LogP contribution in [0.15, 0.2) is 66.9 Å². The number of nitrogens with one attached hydrogen (secondary N) is 2. The van der Waals surface area contributed by atoms with Gasteiger partial charge in [0.15, 0.2) is 11.5 Å². The second-order valence-electron chi connectivity index (χ2n) is 9.08. The number of rotatable bonds is 7. The molecular formula is C29H29N3O4. The van der Waals surface area contributed by atoms with Crippen LogP contribution in [0.5, 0.6) is 11.5 Å². The molecule has 0 radical (unpaired) electrons. The number of benzene rings is 3. The number of nitrogens with zero attached hydrogens (tertiary/aromatic N) is 1. The number of hydrogen-bond acceptors (Lipinski definition) is 4. The maximum atomic E-state index is 14.0. The average molecular weight is 484 g/mol. The summed E-state index contributed by atoms with van der Waals surface area (Å²) < 4.78 is 10.9. The molecule has 4 aromatic rings. The van der Waals surface area contributed by atoms with Crippen molar-refractivity contribution in [3.63, 3.8) is 0 Å². The lowest BCUT2D eigenvalue weighted by Gasteiger charge is -2.45. The molecule has 2 unspecified atom stereocenters. The first-order valence-corrected chi connectivity index (χ1v) is 11.9. The lowest BCUT2D eigenvalue weighted by molar-refractivity contribution is -0.154. The third-order valence-corrected chi connectivity index (χ3v) is 6.96. The highest BCUT2D eigenvalue weighted by Crippen LogP contribution is 2.45. The number of methoxy groups -OCH3 is 2. The minimum Gasteiger partial charge on any atom is -0.493 e. The molecule has 3 aromatic carbocycles. The quantitative estimate of drug-likeness (QED) is 0.342. The van der Waals surface area contributed by atoms with Gasteiger partial charge in [0.05, 0.1) is 26.7 Å². The number of hydrogen-bond donors (Lipinski definition) is 2. The first-order valence-electron chi connectivity index (χ1n) is 11.9. The highest BCUT2D eigenvalue weighted by molar-refractivity contribution is 6.03. The molecule has 0 saturated carbocycles. The van der Waals surface area contributed by atoms with Gasteiger partial charge in [-0.05, 0) is 48.7 Å².